The van der Waals surface area contributed by atoms with Crippen LogP contribution in [0.2, 0.25) is 5.02 Å². The summed E-state index contributed by atoms with van der Waals surface area (Å²) in [6.45, 7) is 0.113. The van der Waals surface area contributed by atoms with Crippen LogP contribution in [0.4, 0.5) is 5.69 Å². The molecule has 1 heterocycles. The number of fused-ring (bicyclic) bond motifs is 1. The normalized spacial score (nSPS) is 19.9. The number of amides is 1. The number of anilines is 1. The van der Waals surface area contributed by atoms with Crippen LogP contribution in [0.5, 0.6) is 0 Å². The van der Waals surface area contributed by atoms with E-state index in [-0.39, 0.29) is 23.3 Å². The number of carbonyl (C=O) groups excluding carboxylic acids is 1. The van der Waals surface area contributed by atoms with E-state index >= 15 is 0 Å². The summed E-state index contributed by atoms with van der Waals surface area (Å²) < 4.78 is 28.1. The summed E-state index contributed by atoms with van der Waals surface area (Å²) >= 11 is 6.10. The van der Waals surface area contributed by atoms with Gasteiger partial charge in [0.2, 0.25) is 15.9 Å². The Morgan fingerprint density at radius 3 is 2.59 bits per heavy atom. The minimum absolute atomic E-state index is 0.0181. The quantitative estimate of drug-likeness (QED) is 0.789. The van der Waals surface area contributed by atoms with E-state index in [4.69, 9.17) is 11.6 Å². The molecule has 1 fully saturated rings. The molecular weight excluding hydrogens is 384 g/mol. The van der Waals surface area contributed by atoms with E-state index in [2.05, 4.69) is 10.0 Å². The molecule has 5 nitrogen and oxygen atoms in total. The van der Waals surface area contributed by atoms with Crippen LogP contribution in [0.15, 0.2) is 47.4 Å². The molecule has 1 unspecified atom stereocenters. The van der Waals surface area contributed by atoms with E-state index in [0.29, 0.717) is 16.5 Å². The summed E-state index contributed by atoms with van der Waals surface area (Å²) in [7, 11) is -3.71. The second-order valence-corrected chi connectivity index (χ2v) is 9.35. The third-order valence-corrected chi connectivity index (χ3v) is 7.26. The van der Waals surface area contributed by atoms with Gasteiger partial charge >= 0.3 is 0 Å². The smallest absolute Gasteiger partial charge is 0.240 e. The van der Waals surface area contributed by atoms with Crippen LogP contribution < -0.4 is 10.0 Å². The lowest BCUT2D eigenvalue weighted by molar-refractivity contribution is -0.118. The van der Waals surface area contributed by atoms with E-state index in [1.165, 1.54) is 6.07 Å². The summed E-state index contributed by atoms with van der Waals surface area (Å²) in [4.78, 5) is 12.6. The molecule has 2 N–H and O–H groups in total. The fourth-order valence-electron chi connectivity index (χ4n) is 4.09. The van der Waals surface area contributed by atoms with Crippen molar-refractivity contribution in [2.24, 2.45) is 5.92 Å². The molecule has 1 atom stereocenters. The first-order valence-electron chi connectivity index (χ1n) is 9.13. The molecule has 0 saturated heterocycles. The molecule has 2 aromatic rings. The van der Waals surface area contributed by atoms with Gasteiger partial charge in [-0.1, -0.05) is 42.6 Å². The zero-order valence-electron chi connectivity index (χ0n) is 14.7. The van der Waals surface area contributed by atoms with Gasteiger partial charge in [0.1, 0.15) is 0 Å². The third-order valence-electron chi connectivity index (χ3n) is 5.49. The first kappa shape index (κ1) is 18.5. The van der Waals surface area contributed by atoms with Crippen molar-refractivity contribution >= 4 is 33.2 Å². The Hall–Kier alpha value is -1.89. The zero-order valence-corrected chi connectivity index (χ0v) is 16.3. The van der Waals surface area contributed by atoms with Gasteiger partial charge in [-0.3, -0.25) is 4.79 Å². The molecule has 4 rings (SSSR count). The highest BCUT2D eigenvalue weighted by Gasteiger charge is 2.38. The van der Waals surface area contributed by atoms with Crippen LogP contribution in [0.3, 0.4) is 0 Å². The first-order chi connectivity index (χ1) is 13.0. The van der Waals surface area contributed by atoms with E-state index in [0.717, 1.165) is 36.9 Å². The van der Waals surface area contributed by atoms with E-state index in [9.17, 15) is 13.2 Å². The maximum Gasteiger partial charge on any atom is 0.240 e. The van der Waals surface area contributed by atoms with Gasteiger partial charge in [-0.2, -0.15) is 0 Å². The second kappa shape index (κ2) is 7.26. The van der Waals surface area contributed by atoms with Crippen LogP contribution in [0.1, 0.15) is 42.7 Å². The van der Waals surface area contributed by atoms with Crippen LogP contribution in [0.25, 0.3) is 0 Å². The lowest BCUT2D eigenvalue weighted by Gasteiger charge is -2.17. The molecule has 0 radical (unpaired) electrons. The lowest BCUT2D eigenvalue weighted by atomic mass is 9.86. The van der Waals surface area contributed by atoms with Crippen molar-refractivity contribution in [3.63, 3.8) is 0 Å². The maximum absolute atomic E-state index is 12.8. The van der Waals surface area contributed by atoms with Crippen LogP contribution in [-0.2, 0) is 21.4 Å². The van der Waals surface area contributed by atoms with E-state index in [1.54, 1.807) is 30.3 Å². The molecule has 1 aliphatic heterocycles. The van der Waals surface area contributed by atoms with Crippen molar-refractivity contribution < 1.29 is 13.2 Å². The molecule has 142 valence electrons. The topological polar surface area (TPSA) is 75.3 Å². The zero-order chi connectivity index (χ0) is 19.0. The fraction of sp³-hybridized carbons (Fsp3) is 0.350. The van der Waals surface area contributed by atoms with Crippen molar-refractivity contribution in [3.05, 3.63) is 58.6 Å². The number of nitrogens with one attached hydrogen (secondary N) is 2. The third kappa shape index (κ3) is 3.61. The predicted molar refractivity (Wildman–Crippen MR) is 105 cm³/mol. The average Bonchev–Trinajstić information content (AvgIpc) is 3.27. The van der Waals surface area contributed by atoms with Gasteiger partial charge in [-0.25, -0.2) is 13.1 Å². The highest BCUT2D eigenvalue weighted by Crippen LogP contribution is 2.44. The SMILES string of the molecule is O=C1Nc2ccc(S(=O)(=O)NCc3ccccc3Cl)cc2C1C1CCCC1. The van der Waals surface area contributed by atoms with Crippen molar-refractivity contribution in [1.82, 2.24) is 4.72 Å². The summed E-state index contributed by atoms with van der Waals surface area (Å²) in [5.74, 6) is 0.0250. The van der Waals surface area contributed by atoms with Crippen LogP contribution >= 0.6 is 11.6 Å². The molecule has 0 bridgehead atoms. The summed E-state index contributed by atoms with van der Waals surface area (Å²) in [5.41, 5.74) is 2.24. The Morgan fingerprint density at radius 1 is 1.11 bits per heavy atom. The predicted octanol–water partition coefficient (Wildman–Crippen LogP) is 4.04. The van der Waals surface area contributed by atoms with E-state index in [1.807, 2.05) is 6.07 Å². The highest BCUT2D eigenvalue weighted by atomic mass is 35.5. The number of halogens is 1. The molecule has 0 spiro atoms. The number of hydrogen-bond acceptors (Lipinski definition) is 3. The van der Waals surface area contributed by atoms with Gasteiger partial charge in [-0.05, 0) is 54.2 Å². The number of carbonyl (C=O) groups is 1. The van der Waals surface area contributed by atoms with Crippen LogP contribution in [0, 0.1) is 5.92 Å². The first-order valence-corrected chi connectivity index (χ1v) is 11.0. The minimum atomic E-state index is -3.71. The number of rotatable bonds is 5. The Kier molecular flexibility index (Phi) is 4.97. The molecule has 27 heavy (non-hydrogen) atoms. The summed E-state index contributed by atoms with van der Waals surface area (Å²) in [6.07, 6.45) is 4.28. The minimum Gasteiger partial charge on any atom is -0.325 e. The van der Waals surface area contributed by atoms with Crippen molar-refractivity contribution in [2.75, 3.05) is 5.32 Å². The fourth-order valence-corrected chi connectivity index (χ4v) is 5.33. The Morgan fingerprint density at radius 2 is 1.85 bits per heavy atom. The average molecular weight is 405 g/mol. The molecule has 1 amide bonds. The molecule has 2 aliphatic rings. The Balaban J connectivity index is 1.59. The van der Waals surface area contributed by atoms with Gasteiger partial charge in [0, 0.05) is 17.3 Å². The van der Waals surface area contributed by atoms with Gasteiger partial charge in [-0.15, -0.1) is 0 Å². The highest BCUT2D eigenvalue weighted by molar-refractivity contribution is 7.89. The maximum atomic E-state index is 12.8. The second-order valence-electron chi connectivity index (χ2n) is 7.18. The monoisotopic (exact) mass is 404 g/mol. The van der Waals surface area contributed by atoms with Gasteiger partial charge in [0.15, 0.2) is 0 Å². The molecule has 1 aliphatic carbocycles. The Labute approximate surface area is 164 Å². The summed E-state index contributed by atoms with van der Waals surface area (Å²) in [6, 6.07) is 12.0. The molecular formula is C20H21ClN2O3S. The van der Waals surface area contributed by atoms with Crippen molar-refractivity contribution in [3.8, 4) is 0 Å². The van der Waals surface area contributed by atoms with Crippen molar-refractivity contribution in [1.29, 1.82) is 0 Å². The number of sulfonamides is 1. The van der Waals surface area contributed by atoms with Gasteiger partial charge in [0.25, 0.3) is 0 Å². The number of hydrogen-bond donors (Lipinski definition) is 2. The largest absolute Gasteiger partial charge is 0.325 e. The molecule has 7 heteroatoms. The number of benzene rings is 2. The molecule has 2 aromatic carbocycles. The van der Waals surface area contributed by atoms with E-state index < -0.39 is 10.0 Å². The summed E-state index contributed by atoms with van der Waals surface area (Å²) in [5, 5.41) is 3.42. The lowest BCUT2D eigenvalue weighted by Crippen LogP contribution is -2.23. The van der Waals surface area contributed by atoms with Crippen LogP contribution in [-0.4, -0.2) is 14.3 Å². The Bertz CT molecular complexity index is 984. The standard InChI is InChI=1S/C20H21ClN2O3S/c21-17-8-4-3-7-14(17)12-22-27(25,26)15-9-10-18-16(11-15)19(20(24)23-18)13-5-1-2-6-13/h3-4,7-11,13,19,22H,1-2,5-6,12H2,(H,23,24). The van der Waals surface area contributed by atoms with Crippen molar-refractivity contribution in [2.45, 2.75) is 43.0 Å². The van der Waals surface area contributed by atoms with Gasteiger partial charge < -0.3 is 5.32 Å². The molecule has 0 aromatic heterocycles. The van der Waals surface area contributed by atoms with Gasteiger partial charge in [0.05, 0.1) is 10.8 Å². The molecule has 1 saturated carbocycles.